The third kappa shape index (κ3) is 4.94. The zero-order valence-electron chi connectivity index (χ0n) is 15.5. The summed E-state index contributed by atoms with van der Waals surface area (Å²) < 4.78 is 0. The first-order valence-electron chi connectivity index (χ1n) is 9.34. The number of aromatic nitrogens is 2. The third-order valence-corrected chi connectivity index (χ3v) is 4.52. The minimum absolute atomic E-state index is 0.201. The molecule has 0 atom stereocenters. The van der Waals surface area contributed by atoms with Gasteiger partial charge in [0, 0.05) is 43.4 Å². The SMILES string of the molecule is CC(C)CCNc1ncc(C(=O)Nc2ccc(N3CCCC3)cc2)cn1. The minimum Gasteiger partial charge on any atom is -0.372 e. The topological polar surface area (TPSA) is 70.2 Å². The molecule has 3 rings (SSSR count). The van der Waals surface area contributed by atoms with E-state index in [0.717, 1.165) is 31.7 Å². The molecule has 6 nitrogen and oxygen atoms in total. The van der Waals surface area contributed by atoms with E-state index < -0.39 is 0 Å². The van der Waals surface area contributed by atoms with Crippen molar-refractivity contribution < 1.29 is 4.79 Å². The van der Waals surface area contributed by atoms with Gasteiger partial charge in [0.2, 0.25) is 5.95 Å². The molecule has 0 bridgehead atoms. The van der Waals surface area contributed by atoms with Crippen LogP contribution in [0, 0.1) is 5.92 Å². The molecular weight excluding hydrogens is 326 g/mol. The van der Waals surface area contributed by atoms with Crippen LogP contribution in [-0.4, -0.2) is 35.5 Å². The number of amides is 1. The van der Waals surface area contributed by atoms with Crippen molar-refractivity contribution in [2.45, 2.75) is 33.1 Å². The van der Waals surface area contributed by atoms with Crippen LogP contribution >= 0.6 is 0 Å². The fourth-order valence-electron chi connectivity index (χ4n) is 2.94. The summed E-state index contributed by atoms with van der Waals surface area (Å²) >= 11 is 0. The second kappa shape index (κ2) is 8.65. The van der Waals surface area contributed by atoms with Crippen LogP contribution in [0.3, 0.4) is 0 Å². The molecule has 1 aromatic carbocycles. The van der Waals surface area contributed by atoms with Gasteiger partial charge >= 0.3 is 0 Å². The van der Waals surface area contributed by atoms with E-state index in [2.05, 4.69) is 51.5 Å². The number of nitrogens with zero attached hydrogens (tertiary/aromatic N) is 3. The van der Waals surface area contributed by atoms with Crippen molar-refractivity contribution in [3.8, 4) is 0 Å². The summed E-state index contributed by atoms with van der Waals surface area (Å²) in [6.45, 7) is 7.40. The van der Waals surface area contributed by atoms with Gasteiger partial charge < -0.3 is 15.5 Å². The molecule has 0 saturated carbocycles. The first-order chi connectivity index (χ1) is 12.6. The maximum atomic E-state index is 12.3. The highest BCUT2D eigenvalue weighted by atomic mass is 16.1. The van der Waals surface area contributed by atoms with Crippen molar-refractivity contribution in [1.29, 1.82) is 0 Å². The van der Waals surface area contributed by atoms with E-state index in [9.17, 15) is 4.79 Å². The monoisotopic (exact) mass is 353 g/mol. The predicted molar refractivity (Wildman–Crippen MR) is 106 cm³/mol. The Morgan fingerprint density at radius 1 is 1.12 bits per heavy atom. The lowest BCUT2D eigenvalue weighted by molar-refractivity contribution is 0.102. The second-order valence-electron chi connectivity index (χ2n) is 7.10. The quantitative estimate of drug-likeness (QED) is 0.792. The summed E-state index contributed by atoms with van der Waals surface area (Å²) in [7, 11) is 0. The van der Waals surface area contributed by atoms with Gasteiger partial charge in [-0.2, -0.15) is 0 Å². The van der Waals surface area contributed by atoms with E-state index in [1.54, 1.807) is 12.4 Å². The van der Waals surface area contributed by atoms with E-state index in [1.165, 1.54) is 18.5 Å². The Labute approximate surface area is 155 Å². The van der Waals surface area contributed by atoms with Crippen LogP contribution in [0.4, 0.5) is 17.3 Å². The number of benzene rings is 1. The van der Waals surface area contributed by atoms with Crippen LogP contribution in [0.25, 0.3) is 0 Å². The maximum Gasteiger partial charge on any atom is 0.258 e. The summed E-state index contributed by atoms with van der Waals surface area (Å²) in [5.41, 5.74) is 2.43. The van der Waals surface area contributed by atoms with Gasteiger partial charge in [0.1, 0.15) is 0 Å². The standard InChI is InChI=1S/C20H27N5O/c1-15(2)9-10-21-20-22-13-16(14-23-20)19(26)24-17-5-7-18(8-6-17)25-11-3-4-12-25/h5-8,13-15H,3-4,9-12H2,1-2H3,(H,24,26)(H,21,22,23). The molecule has 1 fully saturated rings. The molecule has 2 N–H and O–H groups in total. The summed E-state index contributed by atoms with van der Waals surface area (Å²) in [6, 6.07) is 7.99. The molecule has 0 unspecified atom stereocenters. The van der Waals surface area contributed by atoms with Crippen LogP contribution in [0.2, 0.25) is 0 Å². The highest BCUT2D eigenvalue weighted by molar-refractivity contribution is 6.03. The van der Waals surface area contributed by atoms with E-state index in [0.29, 0.717) is 17.4 Å². The van der Waals surface area contributed by atoms with Crippen LogP contribution in [0.5, 0.6) is 0 Å². The lowest BCUT2D eigenvalue weighted by atomic mass is 10.1. The van der Waals surface area contributed by atoms with Gasteiger partial charge in [-0.25, -0.2) is 9.97 Å². The fourth-order valence-corrected chi connectivity index (χ4v) is 2.94. The average molecular weight is 353 g/mol. The number of nitrogens with one attached hydrogen (secondary N) is 2. The molecule has 1 aliphatic rings. The normalized spacial score (nSPS) is 13.9. The van der Waals surface area contributed by atoms with Gasteiger partial charge in [-0.15, -0.1) is 0 Å². The Kier molecular flexibility index (Phi) is 6.04. The Bertz CT molecular complexity index is 706. The first kappa shape index (κ1) is 18.2. The molecule has 2 heterocycles. The second-order valence-corrected chi connectivity index (χ2v) is 7.10. The highest BCUT2D eigenvalue weighted by Crippen LogP contribution is 2.22. The number of carbonyl (C=O) groups is 1. The minimum atomic E-state index is -0.201. The molecule has 1 saturated heterocycles. The van der Waals surface area contributed by atoms with Crippen molar-refractivity contribution in [3.05, 3.63) is 42.2 Å². The van der Waals surface area contributed by atoms with Crippen LogP contribution in [0.15, 0.2) is 36.7 Å². The van der Waals surface area contributed by atoms with E-state index in [1.807, 2.05) is 12.1 Å². The molecule has 6 heteroatoms. The first-order valence-corrected chi connectivity index (χ1v) is 9.34. The van der Waals surface area contributed by atoms with Crippen LogP contribution in [-0.2, 0) is 0 Å². The fraction of sp³-hybridized carbons (Fsp3) is 0.450. The third-order valence-electron chi connectivity index (χ3n) is 4.52. The lowest BCUT2D eigenvalue weighted by Gasteiger charge is -2.17. The maximum absolute atomic E-state index is 12.3. The number of anilines is 3. The Hall–Kier alpha value is -2.63. The largest absolute Gasteiger partial charge is 0.372 e. The Balaban J connectivity index is 1.54. The zero-order chi connectivity index (χ0) is 18.4. The number of hydrogen-bond donors (Lipinski definition) is 2. The predicted octanol–water partition coefficient (Wildman–Crippen LogP) is 3.79. The Morgan fingerprint density at radius 2 is 1.77 bits per heavy atom. The summed E-state index contributed by atoms with van der Waals surface area (Å²) in [5, 5.41) is 6.06. The zero-order valence-corrected chi connectivity index (χ0v) is 15.5. The van der Waals surface area contributed by atoms with Crippen molar-refractivity contribution in [2.24, 2.45) is 5.92 Å². The van der Waals surface area contributed by atoms with Crippen molar-refractivity contribution in [3.63, 3.8) is 0 Å². The number of carbonyl (C=O) groups excluding carboxylic acids is 1. The molecule has 0 aliphatic carbocycles. The van der Waals surface area contributed by atoms with E-state index >= 15 is 0 Å². The highest BCUT2D eigenvalue weighted by Gasteiger charge is 2.12. The van der Waals surface area contributed by atoms with Gasteiger partial charge in [-0.3, -0.25) is 4.79 Å². The van der Waals surface area contributed by atoms with Crippen LogP contribution < -0.4 is 15.5 Å². The average Bonchev–Trinajstić information content (AvgIpc) is 3.17. The molecule has 0 radical (unpaired) electrons. The van der Waals surface area contributed by atoms with Gasteiger partial charge in [0.15, 0.2) is 0 Å². The summed E-state index contributed by atoms with van der Waals surface area (Å²) in [4.78, 5) is 23.1. The Morgan fingerprint density at radius 3 is 2.38 bits per heavy atom. The lowest BCUT2D eigenvalue weighted by Crippen LogP contribution is -2.17. The van der Waals surface area contributed by atoms with Crippen molar-refractivity contribution in [1.82, 2.24) is 9.97 Å². The van der Waals surface area contributed by atoms with Gasteiger partial charge in [0.05, 0.1) is 5.56 Å². The molecule has 138 valence electrons. The molecule has 2 aromatic rings. The van der Waals surface area contributed by atoms with Gasteiger partial charge in [-0.1, -0.05) is 13.8 Å². The molecule has 1 aliphatic heterocycles. The van der Waals surface area contributed by atoms with Gasteiger partial charge in [-0.05, 0) is 49.4 Å². The summed E-state index contributed by atoms with van der Waals surface area (Å²) in [6.07, 6.45) is 6.66. The van der Waals surface area contributed by atoms with Crippen molar-refractivity contribution >= 4 is 23.2 Å². The number of hydrogen-bond acceptors (Lipinski definition) is 5. The molecule has 26 heavy (non-hydrogen) atoms. The number of rotatable bonds is 7. The molecular formula is C20H27N5O. The molecule has 0 spiro atoms. The summed E-state index contributed by atoms with van der Waals surface area (Å²) in [5.74, 6) is 0.981. The molecule has 1 aromatic heterocycles. The van der Waals surface area contributed by atoms with Crippen LogP contribution in [0.1, 0.15) is 43.5 Å². The van der Waals surface area contributed by atoms with E-state index in [4.69, 9.17) is 0 Å². The molecule has 1 amide bonds. The van der Waals surface area contributed by atoms with Gasteiger partial charge in [0.25, 0.3) is 5.91 Å². The van der Waals surface area contributed by atoms with E-state index in [-0.39, 0.29) is 5.91 Å². The van der Waals surface area contributed by atoms with Crippen molar-refractivity contribution in [2.75, 3.05) is 35.2 Å². The smallest absolute Gasteiger partial charge is 0.258 e.